The fraction of sp³-hybridized carbons (Fsp3) is 0.636. The highest BCUT2D eigenvalue weighted by atomic mass is 32.2. The first-order valence-corrected chi connectivity index (χ1v) is 6.68. The van der Waals surface area contributed by atoms with Crippen molar-refractivity contribution in [1.29, 1.82) is 0 Å². The third kappa shape index (κ3) is 2.47. The Morgan fingerprint density at radius 1 is 1.50 bits per heavy atom. The van der Waals surface area contributed by atoms with Gasteiger partial charge >= 0.3 is 0 Å². The zero-order chi connectivity index (χ0) is 11.5. The van der Waals surface area contributed by atoms with Crippen molar-refractivity contribution in [2.75, 3.05) is 0 Å². The molecular weight excluding hydrogens is 222 g/mol. The van der Waals surface area contributed by atoms with Gasteiger partial charge in [-0.05, 0) is 6.42 Å². The van der Waals surface area contributed by atoms with E-state index in [0.29, 0.717) is 11.8 Å². The van der Waals surface area contributed by atoms with Crippen LogP contribution in [0.15, 0.2) is 4.79 Å². The highest BCUT2D eigenvalue weighted by Gasteiger charge is 2.16. The SMILES string of the molecule is CCC(C)SCc1nc2c(c(=O)[nH]1)CNC2. The predicted molar refractivity (Wildman–Crippen MR) is 66.4 cm³/mol. The number of aromatic amines is 1. The number of rotatable bonds is 4. The van der Waals surface area contributed by atoms with E-state index in [0.717, 1.165) is 35.8 Å². The van der Waals surface area contributed by atoms with Gasteiger partial charge in [-0.25, -0.2) is 4.98 Å². The predicted octanol–water partition coefficient (Wildman–Crippen LogP) is 1.40. The Bertz CT molecular complexity index is 430. The van der Waals surface area contributed by atoms with Crippen LogP contribution in [-0.2, 0) is 18.8 Å². The number of hydrogen-bond donors (Lipinski definition) is 2. The Hall–Kier alpha value is -0.810. The third-order valence-corrected chi connectivity index (χ3v) is 4.17. The molecule has 16 heavy (non-hydrogen) atoms. The lowest BCUT2D eigenvalue weighted by Crippen LogP contribution is -2.17. The molecule has 2 rings (SSSR count). The maximum atomic E-state index is 11.7. The van der Waals surface area contributed by atoms with Gasteiger partial charge < -0.3 is 10.3 Å². The summed E-state index contributed by atoms with van der Waals surface area (Å²) in [5.74, 6) is 1.59. The van der Waals surface area contributed by atoms with E-state index in [9.17, 15) is 4.79 Å². The largest absolute Gasteiger partial charge is 0.310 e. The summed E-state index contributed by atoms with van der Waals surface area (Å²) in [6.07, 6.45) is 1.14. The fourth-order valence-electron chi connectivity index (χ4n) is 1.64. The second-order valence-corrected chi connectivity index (χ2v) is 5.50. The summed E-state index contributed by atoms with van der Waals surface area (Å²) in [5, 5.41) is 3.75. The van der Waals surface area contributed by atoms with Crippen molar-refractivity contribution in [3.63, 3.8) is 0 Å². The van der Waals surface area contributed by atoms with Gasteiger partial charge in [0, 0.05) is 18.3 Å². The van der Waals surface area contributed by atoms with E-state index in [1.807, 2.05) is 11.8 Å². The number of nitrogens with zero attached hydrogens (tertiary/aromatic N) is 1. The molecule has 1 aromatic rings. The van der Waals surface area contributed by atoms with E-state index in [4.69, 9.17) is 0 Å². The zero-order valence-electron chi connectivity index (χ0n) is 9.67. The van der Waals surface area contributed by atoms with Crippen LogP contribution in [0.5, 0.6) is 0 Å². The molecule has 1 aliphatic rings. The van der Waals surface area contributed by atoms with Crippen LogP contribution in [0.2, 0.25) is 0 Å². The van der Waals surface area contributed by atoms with E-state index in [1.54, 1.807) is 0 Å². The van der Waals surface area contributed by atoms with E-state index in [1.165, 1.54) is 0 Å². The van der Waals surface area contributed by atoms with Crippen LogP contribution in [0.4, 0.5) is 0 Å². The number of fused-ring (bicyclic) bond motifs is 1. The first kappa shape index (κ1) is 11.7. The Balaban J connectivity index is 2.11. The van der Waals surface area contributed by atoms with Gasteiger partial charge in [0.25, 0.3) is 5.56 Å². The van der Waals surface area contributed by atoms with Gasteiger partial charge in [-0.1, -0.05) is 13.8 Å². The van der Waals surface area contributed by atoms with Crippen molar-refractivity contribution in [1.82, 2.24) is 15.3 Å². The molecule has 1 aliphatic heterocycles. The summed E-state index contributed by atoms with van der Waals surface area (Å²) in [5.41, 5.74) is 1.75. The van der Waals surface area contributed by atoms with E-state index >= 15 is 0 Å². The second kappa shape index (κ2) is 5.01. The Labute approximate surface area is 99.3 Å². The van der Waals surface area contributed by atoms with Crippen molar-refractivity contribution >= 4 is 11.8 Å². The molecule has 0 saturated heterocycles. The van der Waals surface area contributed by atoms with Crippen molar-refractivity contribution in [3.05, 3.63) is 27.4 Å². The van der Waals surface area contributed by atoms with Gasteiger partial charge in [-0.3, -0.25) is 4.79 Å². The lowest BCUT2D eigenvalue weighted by Gasteiger charge is -2.08. The van der Waals surface area contributed by atoms with Crippen molar-refractivity contribution in [2.45, 2.75) is 44.4 Å². The highest BCUT2D eigenvalue weighted by Crippen LogP contribution is 2.18. The van der Waals surface area contributed by atoms with Crippen LogP contribution in [0.1, 0.15) is 37.4 Å². The van der Waals surface area contributed by atoms with Crippen LogP contribution >= 0.6 is 11.8 Å². The molecule has 2 heterocycles. The van der Waals surface area contributed by atoms with Gasteiger partial charge in [0.1, 0.15) is 5.82 Å². The van der Waals surface area contributed by atoms with Gasteiger partial charge in [0.15, 0.2) is 0 Å². The maximum absolute atomic E-state index is 11.7. The monoisotopic (exact) mass is 239 g/mol. The van der Waals surface area contributed by atoms with Gasteiger partial charge in [0.2, 0.25) is 0 Å². The average molecular weight is 239 g/mol. The maximum Gasteiger partial charge on any atom is 0.255 e. The van der Waals surface area contributed by atoms with E-state index in [2.05, 4.69) is 29.1 Å². The number of aromatic nitrogens is 2. The average Bonchev–Trinajstić information content (AvgIpc) is 2.74. The normalized spacial score (nSPS) is 16.1. The minimum absolute atomic E-state index is 0.0229. The second-order valence-electron chi connectivity index (χ2n) is 4.07. The zero-order valence-corrected chi connectivity index (χ0v) is 10.5. The first-order chi connectivity index (χ1) is 7.70. The lowest BCUT2D eigenvalue weighted by atomic mass is 10.3. The quantitative estimate of drug-likeness (QED) is 0.834. The number of thioether (sulfide) groups is 1. The molecule has 4 nitrogen and oxygen atoms in total. The molecule has 88 valence electrons. The van der Waals surface area contributed by atoms with E-state index < -0.39 is 0 Å². The smallest absolute Gasteiger partial charge is 0.255 e. The van der Waals surface area contributed by atoms with Crippen molar-refractivity contribution < 1.29 is 0 Å². The third-order valence-electron chi connectivity index (χ3n) is 2.82. The number of hydrogen-bond acceptors (Lipinski definition) is 4. The molecule has 1 atom stereocenters. The molecule has 5 heteroatoms. The molecule has 1 unspecified atom stereocenters. The van der Waals surface area contributed by atoms with Gasteiger partial charge in [0.05, 0.1) is 17.0 Å². The highest BCUT2D eigenvalue weighted by molar-refractivity contribution is 7.99. The summed E-state index contributed by atoms with van der Waals surface area (Å²) in [6.45, 7) is 5.73. The molecule has 0 fully saturated rings. The van der Waals surface area contributed by atoms with Crippen LogP contribution in [0.3, 0.4) is 0 Å². The Kier molecular flexibility index (Phi) is 3.66. The minimum Gasteiger partial charge on any atom is -0.310 e. The number of H-pyrrole nitrogens is 1. The topological polar surface area (TPSA) is 57.8 Å². The van der Waals surface area contributed by atoms with Crippen LogP contribution in [0.25, 0.3) is 0 Å². The van der Waals surface area contributed by atoms with E-state index in [-0.39, 0.29) is 5.56 Å². The first-order valence-electron chi connectivity index (χ1n) is 5.64. The molecule has 2 N–H and O–H groups in total. The van der Waals surface area contributed by atoms with Gasteiger partial charge in [-0.15, -0.1) is 0 Å². The van der Waals surface area contributed by atoms with Crippen LogP contribution in [-0.4, -0.2) is 15.2 Å². The summed E-state index contributed by atoms with van der Waals surface area (Å²) < 4.78 is 0. The molecule has 0 radical (unpaired) electrons. The summed E-state index contributed by atoms with van der Waals surface area (Å²) in [4.78, 5) is 19.0. The molecule has 0 saturated carbocycles. The fourth-order valence-corrected chi connectivity index (χ4v) is 2.45. The summed E-state index contributed by atoms with van der Waals surface area (Å²) in [6, 6.07) is 0. The molecule has 0 aliphatic carbocycles. The molecule has 0 bridgehead atoms. The lowest BCUT2D eigenvalue weighted by molar-refractivity contribution is 0.756. The van der Waals surface area contributed by atoms with Crippen LogP contribution < -0.4 is 10.9 Å². The van der Waals surface area contributed by atoms with Crippen molar-refractivity contribution in [3.8, 4) is 0 Å². The van der Waals surface area contributed by atoms with Crippen LogP contribution in [0, 0.1) is 0 Å². The number of nitrogens with one attached hydrogen (secondary N) is 2. The molecule has 0 amide bonds. The Morgan fingerprint density at radius 2 is 2.31 bits per heavy atom. The molecule has 0 spiro atoms. The molecule has 1 aromatic heterocycles. The minimum atomic E-state index is 0.0229. The van der Waals surface area contributed by atoms with Gasteiger partial charge in [-0.2, -0.15) is 11.8 Å². The standard InChI is InChI=1S/C11H17N3OS/c1-3-7(2)16-6-10-13-9-5-12-4-8(9)11(15)14-10/h7,12H,3-6H2,1-2H3,(H,13,14,15). The molecular formula is C11H17N3OS. The Morgan fingerprint density at radius 3 is 3.06 bits per heavy atom. The summed E-state index contributed by atoms with van der Waals surface area (Å²) in [7, 11) is 0. The molecule has 0 aromatic carbocycles. The summed E-state index contributed by atoms with van der Waals surface area (Å²) >= 11 is 1.83. The van der Waals surface area contributed by atoms with Crippen molar-refractivity contribution in [2.24, 2.45) is 0 Å².